The average Bonchev–Trinajstić information content (AvgIpc) is 2.40. The zero-order chi connectivity index (χ0) is 14.3. The summed E-state index contributed by atoms with van der Waals surface area (Å²) in [4.78, 5) is 22.5. The summed E-state index contributed by atoms with van der Waals surface area (Å²) < 4.78 is 0. The molecule has 0 saturated carbocycles. The lowest BCUT2D eigenvalue weighted by Crippen LogP contribution is -2.26. The topological polar surface area (TPSA) is 74.6 Å². The Kier molecular flexibility index (Phi) is 2.79. The van der Waals surface area contributed by atoms with E-state index in [0.29, 0.717) is 17.5 Å². The molecule has 1 atom stereocenters. The second-order valence-corrected chi connectivity index (χ2v) is 4.83. The minimum absolute atomic E-state index is 0.0309. The number of hydrogen-bond donors (Lipinski definition) is 2. The van der Waals surface area contributed by atoms with Crippen LogP contribution >= 0.6 is 0 Å². The molecule has 100 valence electrons. The second-order valence-electron chi connectivity index (χ2n) is 4.83. The van der Waals surface area contributed by atoms with Crippen LogP contribution in [0.5, 0.6) is 0 Å². The molecule has 0 fully saturated rings. The Morgan fingerprint density at radius 1 is 0.900 bits per heavy atom. The highest BCUT2D eigenvalue weighted by Crippen LogP contribution is 2.44. The van der Waals surface area contributed by atoms with Gasteiger partial charge in [-0.1, -0.05) is 30.3 Å². The Hall–Kier alpha value is -2.62. The molecule has 4 nitrogen and oxygen atoms in total. The molecule has 2 N–H and O–H groups in total. The lowest BCUT2D eigenvalue weighted by molar-refractivity contribution is 0.0676. The molecule has 0 aliphatic heterocycles. The quantitative estimate of drug-likeness (QED) is 0.897. The van der Waals surface area contributed by atoms with Crippen molar-refractivity contribution in [3.63, 3.8) is 0 Å². The highest BCUT2D eigenvalue weighted by molar-refractivity contribution is 5.96. The molecule has 0 saturated heterocycles. The molecule has 3 rings (SSSR count). The molecule has 20 heavy (non-hydrogen) atoms. The van der Waals surface area contributed by atoms with Gasteiger partial charge in [-0.05, 0) is 35.2 Å². The van der Waals surface area contributed by atoms with Crippen LogP contribution in [0.15, 0.2) is 42.5 Å². The van der Waals surface area contributed by atoms with Crippen molar-refractivity contribution in [3.8, 4) is 0 Å². The third kappa shape index (κ3) is 1.77. The number of aromatic carboxylic acids is 2. The van der Waals surface area contributed by atoms with Crippen LogP contribution in [0.3, 0.4) is 0 Å². The van der Waals surface area contributed by atoms with Crippen molar-refractivity contribution in [1.82, 2.24) is 0 Å². The Balaban J connectivity index is 2.15. The maximum absolute atomic E-state index is 11.3. The highest BCUT2D eigenvalue weighted by atomic mass is 16.4. The summed E-state index contributed by atoms with van der Waals surface area (Å²) in [5.74, 6) is -2.06. The first-order valence-electron chi connectivity index (χ1n) is 6.27. The van der Waals surface area contributed by atoms with Gasteiger partial charge in [0.05, 0.1) is 11.1 Å². The van der Waals surface area contributed by atoms with Crippen LogP contribution in [0.1, 0.15) is 43.3 Å². The number of carbonyl (C=O) groups is 2. The number of carboxylic acid groups (broad SMARTS) is 2. The molecule has 0 bridgehead atoms. The fourth-order valence-corrected chi connectivity index (χ4v) is 2.81. The lowest BCUT2D eigenvalue weighted by Gasteiger charge is -2.33. The Labute approximate surface area is 115 Å². The number of fused-ring (bicyclic) bond motifs is 1. The molecule has 4 heteroatoms. The number of benzene rings is 2. The first kappa shape index (κ1) is 12.4. The Bertz CT molecular complexity index is 704. The van der Waals surface area contributed by atoms with Gasteiger partial charge in [-0.2, -0.15) is 0 Å². The van der Waals surface area contributed by atoms with Crippen LogP contribution in [0.4, 0.5) is 0 Å². The van der Waals surface area contributed by atoms with E-state index >= 15 is 0 Å². The molecule has 0 aromatic heterocycles. The van der Waals surface area contributed by atoms with E-state index in [1.807, 2.05) is 30.3 Å². The molecule has 2 aromatic carbocycles. The molecular formula is C16H12O4. The molecule has 1 unspecified atom stereocenters. The number of rotatable bonds is 3. The highest BCUT2D eigenvalue weighted by Gasteiger charge is 2.35. The van der Waals surface area contributed by atoms with Crippen LogP contribution < -0.4 is 0 Å². The maximum Gasteiger partial charge on any atom is 0.335 e. The zero-order valence-corrected chi connectivity index (χ0v) is 10.5. The van der Waals surface area contributed by atoms with E-state index in [1.165, 1.54) is 12.1 Å². The molecule has 0 spiro atoms. The average molecular weight is 268 g/mol. The lowest BCUT2D eigenvalue weighted by atomic mass is 9.69. The van der Waals surface area contributed by atoms with Gasteiger partial charge >= 0.3 is 11.9 Å². The number of carboxylic acids is 2. The zero-order valence-electron chi connectivity index (χ0n) is 10.5. The third-order valence-corrected chi connectivity index (χ3v) is 3.78. The first-order valence-corrected chi connectivity index (χ1v) is 6.27. The van der Waals surface area contributed by atoms with E-state index < -0.39 is 11.9 Å². The molecule has 0 radical (unpaired) electrons. The van der Waals surface area contributed by atoms with Crippen LogP contribution in [0.25, 0.3) is 0 Å². The molecule has 0 amide bonds. The second kappa shape index (κ2) is 4.49. The first-order chi connectivity index (χ1) is 9.59. The maximum atomic E-state index is 11.3. The van der Waals surface area contributed by atoms with Gasteiger partial charge in [-0.3, -0.25) is 0 Å². The molecule has 1 aliphatic carbocycles. The van der Waals surface area contributed by atoms with Crippen LogP contribution in [-0.2, 0) is 6.42 Å². The van der Waals surface area contributed by atoms with Crippen LogP contribution in [-0.4, -0.2) is 22.2 Å². The summed E-state index contributed by atoms with van der Waals surface area (Å²) in [6.07, 6.45) is 0.572. The third-order valence-electron chi connectivity index (χ3n) is 3.78. The van der Waals surface area contributed by atoms with Gasteiger partial charge in [-0.25, -0.2) is 9.59 Å². The standard InChI is InChI=1S/C16H12O4/c17-15(18)10-6-7-11(16(19)20)14-12(8-13(10)14)9-4-2-1-3-5-9/h1-7,12H,8H2,(H,17,18)(H,19,20). The van der Waals surface area contributed by atoms with Crippen molar-refractivity contribution in [3.05, 3.63) is 70.3 Å². The summed E-state index contributed by atoms with van der Waals surface area (Å²) in [7, 11) is 0. The van der Waals surface area contributed by atoms with Gasteiger partial charge in [0.25, 0.3) is 0 Å². The van der Waals surface area contributed by atoms with Crippen LogP contribution in [0.2, 0.25) is 0 Å². The van der Waals surface area contributed by atoms with Gasteiger partial charge in [0, 0.05) is 5.92 Å². The van der Waals surface area contributed by atoms with Gasteiger partial charge in [0.2, 0.25) is 0 Å². The molecule has 0 heterocycles. The fourth-order valence-electron chi connectivity index (χ4n) is 2.81. The SMILES string of the molecule is O=C(O)c1ccc(C(=O)O)c2c1CC2c1ccccc1. The monoisotopic (exact) mass is 268 g/mol. The van der Waals surface area contributed by atoms with E-state index in [2.05, 4.69) is 0 Å². The van der Waals surface area contributed by atoms with Gasteiger partial charge in [0.15, 0.2) is 0 Å². The Morgan fingerprint density at radius 3 is 2.10 bits per heavy atom. The summed E-state index contributed by atoms with van der Waals surface area (Å²) in [6.45, 7) is 0. The summed E-state index contributed by atoms with van der Waals surface area (Å²) in [5, 5.41) is 18.4. The van der Waals surface area contributed by atoms with Gasteiger partial charge < -0.3 is 10.2 Å². The van der Waals surface area contributed by atoms with E-state index in [1.54, 1.807) is 0 Å². The van der Waals surface area contributed by atoms with Crippen molar-refractivity contribution >= 4 is 11.9 Å². The number of hydrogen-bond acceptors (Lipinski definition) is 2. The van der Waals surface area contributed by atoms with Gasteiger partial charge in [0.1, 0.15) is 0 Å². The van der Waals surface area contributed by atoms with Crippen molar-refractivity contribution in [2.24, 2.45) is 0 Å². The fraction of sp³-hybridized carbons (Fsp3) is 0.125. The van der Waals surface area contributed by atoms with E-state index in [-0.39, 0.29) is 17.0 Å². The summed E-state index contributed by atoms with van der Waals surface area (Å²) in [5.41, 5.74) is 2.71. The molecular weight excluding hydrogens is 256 g/mol. The largest absolute Gasteiger partial charge is 0.478 e. The van der Waals surface area contributed by atoms with E-state index in [0.717, 1.165) is 5.56 Å². The van der Waals surface area contributed by atoms with E-state index in [4.69, 9.17) is 5.11 Å². The van der Waals surface area contributed by atoms with Crippen LogP contribution in [0, 0.1) is 0 Å². The minimum atomic E-state index is -1.01. The summed E-state index contributed by atoms with van der Waals surface area (Å²) >= 11 is 0. The molecule has 2 aromatic rings. The van der Waals surface area contributed by atoms with Gasteiger partial charge in [-0.15, -0.1) is 0 Å². The smallest absolute Gasteiger partial charge is 0.335 e. The predicted molar refractivity (Wildman–Crippen MR) is 72.3 cm³/mol. The normalized spacial score (nSPS) is 16.1. The van der Waals surface area contributed by atoms with Crippen molar-refractivity contribution < 1.29 is 19.8 Å². The Morgan fingerprint density at radius 2 is 1.50 bits per heavy atom. The predicted octanol–water partition coefficient (Wildman–Crippen LogP) is 2.77. The molecule has 1 aliphatic rings. The van der Waals surface area contributed by atoms with Crippen molar-refractivity contribution in [1.29, 1.82) is 0 Å². The minimum Gasteiger partial charge on any atom is -0.478 e. The van der Waals surface area contributed by atoms with Crippen molar-refractivity contribution in [2.45, 2.75) is 12.3 Å². The van der Waals surface area contributed by atoms with Crippen molar-refractivity contribution in [2.75, 3.05) is 0 Å². The summed E-state index contributed by atoms with van der Waals surface area (Å²) in [6, 6.07) is 12.3. The van der Waals surface area contributed by atoms with E-state index in [9.17, 15) is 14.7 Å².